The number of unbranched alkanes of at least 4 members (excludes halogenated alkanes) is 8. The van der Waals surface area contributed by atoms with E-state index in [4.69, 9.17) is 0 Å². The summed E-state index contributed by atoms with van der Waals surface area (Å²) in [6.45, 7) is 6.18. The van der Waals surface area contributed by atoms with E-state index in [0.717, 1.165) is 17.5 Å². The molecular formula is C26H38O2. The van der Waals surface area contributed by atoms with E-state index in [1.54, 1.807) is 12.1 Å². The average molecular weight is 383 g/mol. The molecule has 0 aromatic heterocycles. The molecule has 0 aliphatic carbocycles. The molecule has 2 rings (SSSR count). The highest BCUT2D eigenvalue weighted by Crippen LogP contribution is 2.34. The van der Waals surface area contributed by atoms with E-state index in [2.05, 4.69) is 19.1 Å². The Morgan fingerprint density at radius 2 is 1.07 bits per heavy atom. The van der Waals surface area contributed by atoms with E-state index in [9.17, 15) is 10.2 Å². The molecule has 2 heteroatoms. The molecule has 0 atom stereocenters. The normalized spacial score (nSPS) is 11.3. The fraction of sp³-hybridized carbons (Fsp3) is 0.538. The van der Waals surface area contributed by atoms with Crippen molar-refractivity contribution in [2.24, 2.45) is 0 Å². The summed E-state index contributed by atoms with van der Waals surface area (Å²) in [6.07, 6.45) is 13.1. The molecule has 0 aliphatic rings. The molecule has 0 unspecified atom stereocenters. The van der Waals surface area contributed by atoms with Crippen molar-refractivity contribution in [3.8, 4) is 11.5 Å². The van der Waals surface area contributed by atoms with E-state index < -0.39 is 0 Å². The molecule has 28 heavy (non-hydrogen) atoms. The molecule has 2 nitrogen and oxygen atoms in total. The van der Waals surface area contributed by atoms with Gasteiger partial charge in [0.25, 0.3) is 0 Å². The second-order valence-electron chi connectivity index (χ2n) is 8.26. The third-order valence-corrected chi connectivity index (χ3v) is 5.84. The van der Waals surface area contributed by atoms with Crippen molar-refractivity contribution >= 4 is 0 Å². The average Bonchev–Trinajstić information content (AvgIpc) is 2.68. The predicted octanol–water partition coefficient (Wildman–Crippen LogP) is 7.77. The fourth-order valence-corrected chi connectivity index (χ4v) is 3.98. The second-order valence-corrected chi connectivity index (χ2v) is 8.26. The van der Waals surface area contributed by atoms with Gasteiger partial charge in [-0.25, -0.2) is 0 Å². The van der Waals surface area contributed by atoms with Crippen molar-refractivity contribution in [2.45, 2.75) is 90.9 Å². The van der Waals surface area contributed by atoms with E-state index in [1.165, 1.54) is 68.9 Å². The minimum atomic E-state index is 0.308. The summed E-state index contributed by atoms with van der Waals surface area (Å²) in [7, 11) is 0. The van der Waals surface area contributed by atoms with Crippen LogP contribution < -0.4 is 0 Å². The van der Waals surface area contributed by atoms with Gasteiger partial charge >= 0.3 is 0 Å². The molecule has 0 saturated carbocycles. The maximum atomic E-state index is 9.89. The number of hydrogen-bond donors (Lipinski definition) is 2. The first-order chi connectivity index (χ1) is 13.5. The fourth-order valence-electron chi connectivity index (χ4n) is 3.98. The Labute approximate surface area is 171 Å². The van der Waals surface area contributed by atoms with Crippen LogP contribution in [0.2, 0.25) is 0 Å². The lowest BCUT2D eigenvalue weighted by Gasteiger charge is -2.20. The molecule has 2 aromatic carbocycles. The molecule has 0 heterocycles. The molecule has 0 bridgehead atoms. The van der Waals surface area contributed by atoms with Gasteiger partial charge in [-0.1, -0.05) is 89.0 Å². The monoisotopic (exact) mass is 382 g/mol. The summed E-state index contributed by atoms with van der Waals surface area (Å²) in [5, 5.41) is 19.8. The third-order valence-electron chi connectivity index (χ3n) is 5.84. The Kier molecular flexibility index (Phi) is 9.40. The minimum absolute atomic E-state index is 0.308. The standard InChI is InChI=1S/C26H38O2/c1-4-5-6-7-8-9-10-11-12-13-24(22-14-16-25(27)20(2)18-22)23-15-17-26(28)21(3)19-23/h14-19,24,27-28H,4-13H2,1-3H3. The maximum Gasteiger partial charge on any atom is 0.118 e. The Bertz CT molecular complexity index is 669. The number of rotatable bonds is 12. The zero-order valence-electron chi connectivity index (χ0n) is 18.0. The summed E-state index contributed by atoms with van der Waals surface area (Å²) in [5.74, 6) is 1.02. The molecule has 2 aromatic rings. The van der Waals surface area contributed by atoms with Gasteiger partial charge in [-0.3, -0.25) is 0 Å². The summed E-state index contributed by atoms with van der Waals surface area (Å²) < 4.78 is 0. The molecule has 0 spiro atoms. The predicted molar refractivity (Wildman–Crippen MR) is 119 cm³/mol. The Morgan fingerprint density at radius 3 is 1.50 bits per heavy atom. The van der Waals surface area contributed by atoms with Crippen LogP contribution in [0, 0.1) is 13.8 Å². The number of aromatic hydroxyl groups is 2. The smallest absolute Gasteiger partial charge is 0.118 e. The quantitative estimate of drug-likeness (QED) is 0.368. The Hall–Kier alpha value is -1.96. The van der Waals surface area contributed by atoms with Crippen molar-refractivity contribution in [1.29, 1.82) is 0 Å². The molecule has 2 N–H and O–H groups in total. The number of aryl methyl sites for hydroxylation is 2. The maximum absolute atomic E-state index is 9.89. The van der Waals surface area contributed by atoms with E-state index in [1.807, 2.05) is 26.0 Å². The van der Waals surface area contributed by atoms with Crippen LogP contribution in [-0.2, 0) is 0 Å². The highest BCUT2D eigenvalue weighted by Gasteiger charge is 2.16. The van der Waals surface area contributed by atoms with Gasteiger partial charge < -0.3 is 10.2 Å². The molecule has 0 saturated heterocycles. The lowest BCUT2D eigenvalue weighted by atomic mass is 9.85. The van der Waals surface area contributed by atoms with Gasteiger partial charge in [0, 0.05) is 5.92 Å². The van der Waals surface area contributed by atoms with Crippen LogP contribution in [0.25, 0.3) is 0 Å². The molecule has 154 valence electrons. The zero-order chi connectivity index (χ0) is 20.4. The van der Waals surface area contributed by atoms with Gasteiger partial charge in [0.2, 0.25) is 0 Å². The Balaban J connectivity index is 1.95. The minimum Gasteiger partial charge on any atom is -0.508 e. The van der Waals surface area contributed by atoms with Crippen LogP contribution in [0.5, 0.6) is 11.5 Å². The number of benzene rings is 2. The Morgan fingerprint density at radius 1 is 0.643 bits per heavy atom. The van der Waals surface area contributed by atoms with Crippen LogP contribution in [0.4, 0.5) is 0 Å². The highest BCUT2D eigenvalue weighted by molar-refractivity contribution is 5.43. The molecule has 0 aliphatic heterocycles. The van der Waals surface area contributed by atoms with Gasteiger partial charge in [-0.2, -0.15) is 0 Å². The number of phenolic OH excluding ortho intramolecular Hbond substituents is 2. The van der Waals surface area contributed by atoms with Gasteiger partial charge in [-0.15, -0.1) is 0 Å². The highest BCUT2D eigenvalue weighted by atomic mass is 16.3. The van der Waals surface area contributed by atoms with Crippen molar-refractivity contribution < 1.29 is 10.2 Å². The van der Waals surface area contributed by atoms with Crippen LogP contribution in [-0.4, -0.2) is 10.2 Å². The molecule has 0 radical (unpaired) electrons. The first-order valence-corrected chi connectivity index (χ1v) is 11.1. The molecule has 0 fully saturated rings. The largest absolute Gasteiger partial charge is 0.508 e. The first kappa shape index (κ1) is 22.3. The third kappa shape index (κ3) is 6.89. The van der Waals surface area contributed by atoms with E-state index >= 15 is 0 Å². The van der Waals surface area contributed by atoms with Crippen molar-refractivity contribution in [3.63, 3.8) is 0 Å². The summed E-state index contributed by atoms with van der Waals surface area (Å²) in [4.78, 5) is 0. The molecular weight excluding hydrogens is 344 g/mol. The van der Waals surface area contributed by atoms with Crippen LogP contribution in [0.15, 0.2) is 36.4 Å². The van der Waals surface area contributed by atoms with Crippen molar-refractivity contribution in [1.82, 2.24) is 0 Å². The van der Waals surface area contributed by atoms with Gasteiger partial charge in [0.05, 0.1) is 0 Å². The summed E-state index contributed by atoms with van der Waals surface area (Å²) in [6, 6.07) is 11.9. The van der Waals surface area contributed by atoms with E-state index in [0.29, 0.717) is 17.4 Å². The summed E-state index contributed by atoms with van der Waals surface area (Å²) >= 11 is 0. The lowest BCUT2D eigenvalue weighted by molar-refractivity contribution is 0.470. The SMILES string of the molecule is CCCCCCCCCCCC(c1ccc(O)c(C)c1)c1ccc(O)c(C)c1. The lowest BCUT2D eigenvalue weighted by Crippen LogP contribution is -2.02. The van der Waals surface area contributed by atoms with Gasteiger partial charge in [-0.05, 0) is 54.7 Å². The van der Waals surface area contributed by atoms with E-state index in [-0.39, 0.29) is 0 Å². The van der Waals surface area contributed by atoms with Crippen molar-refractivity contribution in [3.05, 3.63) is 58.7 Å². The summed E-state index contributed by atoms with van der Waals surface area (Å²) in [5.41, 5.74) is 4.34. The topological polar surface area (TPSA) is 40.5 Å². The number of hydrogen-bond acceptors (Lipinski definition) is 2. The second kappa shape index (κ2) is 11.8. The first-order valence-electron chi connectivity index (χ1n) is 11.1. The van der Waals surface area contributed by atoms with Crippen LogP contribution >= 0.6 is 0 Å². The van der Waals surface area contributed by atoms with Gasteiger partial charge in [0.15, 0.2) is 0 Å². The zero-order valence-corrected chi connectivity index (χ0v) is 18.0. The van der Waals surface area contributed by atoms with Crippen LogP contribution in [0.3, 0.4) is 0 Å². The van der Waals surface area contributed by atoms with Crippen LogP contribution in [0.1, 0.15) is 99.3 Å². The molecule has 0 amide bonds. The van der Waals surface area contributed by atoms with Gasteiger partial charge in [0.1, 0.15) is 11.5 Å². The van der Waals surface area contributed by atoms with Crippen molar-refractivity contribution in [2.75, 3.05) is 0 Å². The number of phenols is 2.